The molecular weight excluding hydrogens is 351 g/mol. The zero-order valence-corrected chi connectivity index (χ0v) is 15.2. The van der Waals surface area contributed by atoms with Crippen molar-refractivity contribution in [3.8, 4) is 11.4 Å². The largest absolute Gasteiger partial charge is 0.341 e. The molecule has 2 N–H and O–H groups in total. The maximum Gasteiger partial charge on any atom is 0.137 e. The smallest absolute Gasteiger partial charge is 0.137 e. The Labute approximate surface area is 158 Å². The summed E-state index contributed by atoms with van der Waals surface area (Å²) < 4.78 is 13.6. The molecule has 6 heteroatoms. The number of aromatic nitrogens is 2. The van der Waals surface area contributed by atoms with Crippen molar-refractivity contribution in [2.45, 2.75) is 12.6 Å². The van der Waals surface area contributed by atoms with Gasteiger partial charge in [0.1, 0.15) is 11.6 Å². The van der Waals surface area contributed by atoms with E-state index < -0.39 is 0 Å². The van der Waals surface area contributed by atoms with E-state index >= 15 is 0 Å². The topological polar surface area (TPSA) is 44.0 Å². The van der Waals surface area contributed by atoms with Gasteiger partial charge in [-0.05, 0) is 17.7 Å². The van der Waals surface area contributed by atoms with Gasteiger partial charge in [-0.3, -0.25) is 4.90 Å². The first-order valence-electron chi connectivity index (χ1n) is 8.59. The summed E-state index contributed by atoms with van der Waals surface area (Å²) in [6, 6.07) is 17.2. The highest BCUT2D eigenvalue weighted by Crippen LogP contribution is 2.25. The van der Waals surface area contributed by atoms with E-state index in [1.165, 1.54) is 6.07 Å². The van der Waals surface area contributed by atoms with Gasteiger partial charge in [-0.1, -0.05) is 42.5 Å². The lowest BCUT2D eigenvalue weighted by atomic mass is 10.0. The van der Waals surface area contributed by atoms with Crippen molar-refractivity contribution in [1.82, 2.24) is 20.2 Å². The summed E-state index contributed by atoms with van der Waals surface area (Å²) in [7, 11) is 0. The van der Waals surface area contributed by atoms with Crippen LogP contribution in [0.4, 0.5) is 4.39 Å². The molecule has 2 heterocycles. The molecule has 1 atom stereocenters. The first-order valence-corrected chi connectivity index (χ1v) is 8.59. The average Bonchev–Trinajstić information content (AvgIpc) is 3.11. The minimum absolute atomic E-state index is 0. The van der Waals surface area contributed by atoms with E-state index in [-0.39, 0.29) is 24.3 Å². The molecule has 0 radical (unpaired) electrons. The van der Waals surface area contributed by atoms with Crippen LogP contribution in [0.15, 0.2) is 60.8 Å². The Hall–Kier alpha value is -2.21. The molecule has 0 spiro atoms. The molecule has 0 bridgehead atoms. The fraction of sp³-hybridized carbons (Fsp3) is 0.250. The summed E-state index contributed by atoms with van der Waals surface area (Å²) in [4.78, 5) is 10.3. The highest BCUT2D eigenvalue weighted by atomic mass is 35.5. The Bertz CT molecular complexity index is 837. The lowest BCUT2D eigenvalue weighted by molar-refractivity contribution is 0.152. The van der Waals surface area contributed by atoms with Crippen molar-refractivity contribution in [3.63, 3.8) is 0 Å². The zero-order chi connectivity index (χ0) is 17.1. The molecule has 0 aliphatic carbocycles. The van der Waals surface area contributed by atoms with Crippen LogP contribution >= 0.6 is 12.4 Å². The second-order valence-electron chi connectivity index (χ2n) is 6.37. The van der Waals surface area contributed by atoms with Crippen molar-refractivity contribution >= 4 is 12.4 Å². The standard InChI is InChI=1S/C20H21FN4.ClH/c21-17-8-4-7-16(11-17)19-13-22-9-10-25(19)14-18-12-23-20(24-18)15-5-2-1-3-6-15;/h1-8,11-12,19,22H,9-10,13-14H2,(H,23,24);1H. The van der Waals surface area contributed by atoms with Crippen LogP contribution in [-0.4, -0.2) is 34.5 Å². The van der Waals surface area contributed by atoms with E-state index in [1.807, 2.05) is 42.6 Å². The van der Waals surface area contributed by atoms with Crippen molar-refractivity contribution in [2.24, 2.45) is 0 Å². The third-order valence-corrected chi connectivity index (χ3v) is 4.64. The number of halogens is 2. The Kier molecular flexibility index (Phi) is 6.04. The molecular formula is C20H22ClFN4. The molecule has 4 nitrogen and oxygen atoms in total. The van der Waals surface area contributed by atoms with Crippen LogP contribution in [0.3, 0.4) is 0 Å². The molecule has 3 aromatic rings. The van der Waals surface area contributed by atoms with Gasteiger partial charge in [0.2, 0.25) is 0 Å². The van der Waals surface area contributed by atoms with Gasteiger partial charge in [0.05, 0.1) is 0 Å². The SMILES string of the molecule is Cl.Fc1cccc(C2CNCCN2Cc2cnc(-c3ccccc3)[nH]2)c1. The monoisotopic (exact) mass is 372 g/mol. The van der Waals surface area contributed by atoms with Crippen LogP contribution < -0.4 is 5.32 Å². The van der Waals surface area contributed by atoms with Gasteiger partial charge in [0.15, 0.2) is 0 Å². The maximum atomic E-state index is 13.6. The predicted octanol–water partition coefficient (Wildman–Crippen LogP) is 3.78. The molecule has 26 heavy (non-hydrogen) atoms. The molecule has 2 aromatic carbocycles. The van der Waals surface area contributed by atoms with Crippen LogP contribution in [0.25, 0.3) is 11.4 Å². The Balaban J connectivity index is 0.00000196. The van der Waals surface area contributed by atoms with Gasteiger partial charge < -0.3 is 10.3 Å². The van der Waals surface area contributed by atoms with Crippen molar-refractivity contribution < 1.29 is 4.39 Å². The first-order chi connectivity index (χ1) is 12.3. The first kappa shape index (κ1) is 18.6. The number of nitrogens with zero attached hydrogens (tertiary/aromatic N) is 2. The van der Waals surface area contributed by atoms with Crippen molar-refractivity contribution in [1.29, 1.82) is 0 Å². The summed E-state index contributed by atoms with van der Waals surface area (Å²) >= 11 is 0. The van der Waals surface area contributed by atoms with E-state index in [9.17, 15) is 4.39 Å². The lowest BCUT2D eigenvalue weighted by Crippen LogP contribution is -2.45. The summed E-state index contributed by atoms with van der Waals surface area (Å²) in [6.07, 6.45) is 1.90. The van der Waals surface area contributed by atoms with Gasteiger partial charge in [-0.15, -0.1) is 12.4 Å². The number of piperazine rings is 1. The number of imidazole rings is 1. The zero-order valence-electron chi connectivity index (χ0n) is 14.4. The maximum absolute atomic E-state index is 13.6. The predicted molar refractivity (Wildman–Crippen MR) is 104 cm³/mol. The van der Waals surface area contributed by atoms with Crippen molar-refractivity contribution in [3.05, 3.63) is 77.9 Å². The summed E-state index contributed by atoms with van der Waals surface area (Å²) in [5, 5.41) is 3.41. The second kappa shape index (κ2) is 8.45. The summed E-state index contributed by atoms with van der Waals surface area (Å²) in [5.41, 5.74) is 3.16. The van der Waals surface area contributed by atoms with Gasteiger partial charge in [-0.2, -0.15) is 0 Å². The summed E-state index contributed by atoms with van der Waals surface area (Å²) in [5.74, 6) is 0.698. The fourth-order valence-electron chi connectivity index (χ4n) is 3.38. The minimum Gasteiger partial charge on any atom is -0.341 e. The Morgan fingerprint density at radius 3 is 2.77 bits per heavy atom. The highest BCUT2D eigenvalue weighted by molar-refractivity contribution is 5.85. The number of nitrogens with one attached hydrogen (secondary N) is 2. The van der Waals surface area contributed by atoms with E-state index in [0.29, 0.717) is 0 Å². The third kappa shape index (κ3) is 4.12. The molecule has 1 aromatic heterocycles. The minimum atomic E-state index is -0.184. The number of aromatic amines is 1. The van der Waals surface area contributed by atoms with Gasteiger partial charge in [-0.25, -0.2) is 9.37 Å². The molecule has 0 amide bonds. The third-order valence-electron chi connectivity index (χ3n) is 4.64. The molecule has 1 unspecified atom stereocenters. The number of benzene rings is 2. The van der Waals surface area contributed by atoms with E-state index in [4.69, 9.17) is 0 Å². The van der Waals surface area contributed by atoms with Gasteiger partial charge >= 0.3 is 0 Å². The van der Waals surface area contributed by atoms with Crippen LogP contribution in [0.2, 0.25) is 0 Å². The molecule has 136 valence electrons. The van der Waals surface area contributed by atoms with Crippen LogP contribution in [0.1, 0.15) is 17.3 Å². The average molecular weight is 373 g/mol. The van der Waals surface area contributed by atoms with Crippen LogP contribution in [0.5, 0.6) is 0 Å². The number of H-pyrrole nitrogens is 1. The number of rotatable bonds is 4. The highest BCUT2D eigenvalue weighted by Gasteiger charge is 2.24. The Morgan fingerprint density at radius 2 is 1.96 bits per heavy atom. The van der Waals surface area contributed by atoms with E-state index in [2.05, 4.69) is 20.2 Å². The summed E-state index contributed by atoms with van der Waals surface area (Å²) in [6.45, 7) is 3.44. The van der Waals surface area contributed by atoms with Crippen LogP contribution in [-0.2, 0) is 6.54 Å². The van der Waals surface area contributed by atoms with E-state index in [1.54, 1.807) is 12.1 Å². The van der Waals surface area contributed by atoms with Crippen LogP contribution in [0, 0.1) is 5.82 Å². The molecule has 1 aliphatic rings. The van der Waals surface area contributed by atoms with Gasteiger partial charge in [0.25, 0.3) is 0 Å². The normalized spacial score (nSPS) is 17.7. The Morgan fingerprint density at radius 1 is 1.12 bits per heavy atom. The molecule has 1 aliphatic heterocycles. The fourth-order valence-corrected chi connectivity index (χ4v) is 3.38. The molecule has 4 rings (SSSR count). The lowest BCUT2D eigenvalue weighted by Gasteiger charge is -2.36. The quantitative estimate of drug-likeness (QED) is 0.732. The molecule has 1 fully saturated rings. The van der Waals surface area contributed by atoms with E-state index in [0.717, 1.165) is 48.8 Å². The molecule has 0 saturated carbocycles. The molecule has 1 saturated heterocycles. The van der Waals surface area contributed by atoms with Gasteiger partial charge in [0, 0.05) is 49.7 Å². The second-order valence-corrected chi connectivity index (χ2v) is 6.37. The number of hydrogen-bond acceptors (Lipinski definition) is 3. The van der Waals surface area contributed by atoms with Crippen molar-refractivity contribution in [2.75, 3.05) is 19.6 Å². The number of hydrogen-bond donors (Lipinski definition) is 2.